The number of hydrogen-bond donors (Lipinski definition) is 1. The van der Waals surface area contributed by atoms with Gasteiger partial charge in [0.2, 0.25) is 0 Å². The highest BCUT2D eigenvalue weighted by atomic mass is 16.6. The average Bonchev–Trinajstić information content (AvgIpc) is 2.73. The van der Waals surface area contributed by atoms with Crippen molar-refractivity contribution in [1.29, 1.82) is 0 Å². The van der Waals surface area contributed by atoms with Crippen LogP contribution in [-0.2, 0) is 21.7 Å². The van der Waals surface area contributed by atoms with Crippen LogP contribution in [0.4, 0.5) is 4.79 Å². The first kappa shape index (κ1) is 20.4. The molecule has 0 radical (unpaired) electrons. The number of methoxy groups -OCH3 is 1. The Balaban J connectivity index is 1.76. The van der Waals surface area contributed by atoms with E-state index < -0.39 is 5.60 Å². The zero-order chi connectivity index (χ0) is 20.0. The van der Waals surface area contributed by atoms with E-state index >= 15 is 0 Å². The first-order chi connectivity index (χ1) is 13.6. The lowest BCUT2D eigenvalue weighted by atomic mass is 9.84. The standard InChI is InChI=1S/C23H29NO4/c1-18(20-11-9-19(10-12-20)17-27-2)24-15-14-23(13-6-16-25,28-22(24)26)21-7-4-3-5-8-21/h3-5,7-12,18,25H,6,13-17H2,1-2H3. The van der Waals surface area contributed by atoms with Crippen molar-refractivity contribution < 1.29 is 19.4 Å². The number of carbonyl (C=O) groups excluding carboxylic acids is 1. The number of hydrogen-bond acceptors (Lipinski definition) is 4. The largest absolute Gasteiger partial charge is 0.438 e. The second-order valence-corrected chi connectivity index (χ2v) is 7.35. The molecule has 1 aliphatic rings. The minimum absolute atomic E-state index is 0.0734. The van der Waals surface area contributed by atoms with Gasteiger partial charge in [-0.25, -0.2) is 4.79 Å². The number of benzene rings is 2. The molecule has 5 nitrogen and oxygen atoms in total. The van der Waals surface area contributed by atoms with Crippen molar-refractivity contribution in [2.24, 2.45) is 0 Å². The topological polar surface area (TPSA) is 59.0 Å². The molecule has 0 aliphatic carbocycles. The number of amides is 1. The Kier molecular flexibility index (Phi) is 6.70. The zero-order valence-corrected chi connectivity index (χ0v) is 16.6. The monoisotopic (exact) mass is 383 g/mol. The molecule has 2 unspecified atom stereocenters. The number of cyclic esters (lactones) is 1. The number of rotatable bonds is 8. The van der Waals surface area contributed by atoms with Crippen molar-refractivity contribution in [3.8, 4) is 0 Å². The Morgan fingerprint density at radius 2 is 1.89 bits per heavy atom. The predicted molar refractivity (Wildman–Crippen MR) is 108 cm³/mol. The second-order valence-electron chi connectivity index (χ2n) is 7.35. The van der Waals surface area contributed by atoms with Crippen LogP contribution in [0, 0.1) is 0 Å². The first-order valence-electron chi connectivity index (χ1n) is 9.83. The molecule has 0 aromatic heterocycles. The SMILES string of the molecule is COCc1ccc(C(C)N2CCC(CCCO)(c3ccccc3)OC2=O)cc1. The molecular formula is C23H29NO4. The van der Waals surface area contributed by atoms with Gasteiger partial charge < -0.3 is 19.5 Å². The molecule has 5 heteroatoms. The van der Waals surface area contributed by atoms with Crippen molar-refractivity contribution in [3.05, 3.63) is 71.3 Å². The molecule has 1 amide bonds. The fraction of sp³-hybridized carbons (Fsp3) is 0.435. The third kappa shape index (κ3) is 4.37. The lowest BCUT2D eigenvalue weighted by molar-refractivity contribution is -0.0680. The van der Waals surface area contributed by atoms with Gasteiger partial charge in [0, 0.05) is 26.7 Å². The van der Waals surface area contributed by atoms with Crippen LogP contribution in [0.2, 0.25) is 0 Å². The predicted octanol–water partition coefficient (Wildman–Crippen LogP) is 4.40. The second kappa shape index (κ2) is 9.22. The molecular weight excluding hydrogens is 354 g/mol. The van der Waals surface area contributed by atoms with Crippen molar-refractivity contribution in [1.82, 2.24) is 4.90 Å². The van der Waals surface area contributed by atoms with Crippen LogP contribution in [0.1, 0.15) is 48.9 Å². The molecule has 2 aromatic rings. The normalized spacial score (nSPS) is 20.7. The van der Waals surface area contributed by atoms with Gasteiger partial charge in [-0.1, -0.05) is 54.6 Å². The summed E-state index contributed by atoms with van der Waals surface area (Å²) in [5.41, 5.74) is 2.50. The summed E-state index contributed by atoms with van der Waals surface area (Å²) in [5.74, 6) is 0. The molecule has 0 spiro atoms. The molecule has 3 rings (SSSR count). The Hall–Kier alpha value is -2.37. The van der Waals surface area contributed by atoms with Gasteiger partial charge in [-0.2, -0.15) is 0 Å². The van der Waals surface area contributed by atoms with Crippen LogP contribution in [0.25, 0.3) is 0 Å². The maximum absolute atomic E-state index is 13.0. The fourth-order valence-corrected chi connectivity index (χ4v) is 3.89. The van der Waals surface area contributed by atoms with E-state index in [1.54, 1.807) is 12.0 Å². The van der Waals surface area contributed by atoms with E-state index in [1.807, 2.05) is 61.5 Å². The number of carbonyl (C=O) groups is 1. The summed E-state index contributed by atoms with van der Waals surface area (Å²) in [6, 6.07) is 17.9. The zero-order valence-electron chi connectivity index (χ0n) is 16.6. The van der Waals surface area contributed by atoms with Crippen LogP contribution < -0.4 is 0 Å². The molecule has 1 N–H and O–H groups in total. The van der Waals surface area contributed by atoms with E-state index in [1.165, 1.54) is 0 Å². The van der Waals surface area contributed by atoms with Crippen molar-refractivity contribution in [2.75, 3.05) is 20.3 Å². The molecule has 0 saturated carbocycles. The third-order valence-corrected chi connectivity index (χ3v) is 5.55. The highest BCUT2D eigenvalue weighted by Crippen LogP contribution is 2.40. The summed E-state index contributed by atoms with van der Waals surface area (Å²) in [4.78, 5) is 14.7. The number of aliphatic hydroxyl groups excluding tert-OH is 1. The van der Waals surface area contributed by atoms with Gasteiger partial charge in [0.15, 0.2) is 0 Å². The summed E-state index contributed by atoms with van der Waals surface area (Å²) >= 11 is 0. The summed E-state index contributed by atoms with van der Waals surface area (Å²) in [6.45, 7) is 3.29. The highest BCUT2D eigenvalue weighted by molar-refractivity contribution is 5.70. The van der Waals surface area contributed by atoms with E-state index in [2.05, 4.69) is 0 Å². The van der Waals surface area contributed by atoms with Crippen molar-refractivity contribution >= 4 is 6.09 Å². The van der Waals surface area contributed by atoms with Crippen LogP contribution in [-0.4, -0.2) is 36.4 Å². The third-order valence-electron chi connectivity index (χ3n) is 5.55. The molecule has 28 heavy (non-hydrogen) atoms. The van der Waals surface area contributed by atoms with Gasteiger partial charge in [0.1, 0.15) is 5.60 Å². The van der Waals surface area contributed by atoms with Gasteiger partial charge in [0.25, 0.3) is 0 Å². The van der Waals surface area contributed by atoms with Crippen molar-refractivity contribution in [2.45, 2.75) is 44.4 Å². The molecule has 0 bridgehead atoms. The lowest BCUT2D eigenvalue weighted by Crippen LogP contribution is -2.48. The van der Waals surface area contributed by atoms with Gasteiger partial charge >= 0.3 is 6.09 Å². The molecule has 2 atom stereocenters. The van der Waals surface area contributed by atoms with Crippen LogP contribution >= 0.6 is 0 Å². The van der Waals surface area contributed by atoms with E-state index in [0.29, 0.717) is 32.4 Å². The smallest absolute Gasteiger partial charge is 0.411 e. The maximum atomic E-state index is 13.0. The van der Waals surface area contributed by atoms with Crippen LogP contribution in [0.5, 0.6) is 0 Å². The minimum Gasteiger partial charge on any atom is -0.438 e. The van der Waals surface area contributed by atoms with E-state index in [0.717, 1.165) is 16.7 Å². The minimum atomic E-state index is -0.667. The molecule has 1 heterocycles. The van der Waals surface area contributed by atoms with Crippen LogP contribution in [0.3, 0.4) is 0 Å². The fourth-order valence-electron chi connectivity index (χ4n) is 3.89. The summed E-state index contributed by atoms with van der Waals surface area (Å²) in [6.07, 6.45) is 1.61. The number of aliphatic hydroxyl groups is 1. The quantitative estimate of drug-likeness (QED) is 0.734. The van der Waals surface area contributed by atoms with Gasteiger partial charge in [-0.3, -0.25) is 0 Å². The van der Waals surface area contributed by atoms with E-state index in [9.17, 15) is 9.90 Å². The van der Waals surface area contributed by atoms with Gasteiger partial charge in [-0.05, 0) is 36.5 Å². The summed E-state index contributed by atoms with van der Waals surface area (Å²) < 4.78 is 11.2. The molecule has 1 aliphatic heterocycles. The van der Waals surface area contributed by atoms with Gasteiger partial charge in [0.05, 0.1) is 12.6 Å². The van der Waals surface area contributed by atoms with E-state index in [-0.39, 0.29) is 18.7 Å². The Morgan fingerprint density at radius 3 is 2.50 bits per heavy atom. The van der Waals surface area contributed by atoms with E-state index in [4.69, 9.17) is 9.47 Å². The Bertz CT molecular complexity index is 762. The molecule has 1 fully saturated rings. The summed E-state index contributed by atoms with van der Waals surface area (Å²) in [5, 5.41) is 9.31. The van der Waals surface area contributed by atoms with Crippen molar-refractivity contribution in [3.63, 3.8) is 0 Å². The summed E-state index contributed by atoms with van der Waals surface area (Å²) in [7, 11) is 1.68. The lowest BCUT2D eigenvalue weighted by Gasteiger charge is -2.43. The number of ether oxygens (including phenoxy) is 2. The molecule has 1 saturated heterocycles. The Morgan fingerprint density at radius 1 is 1.18 bits per heavy atom. The highest BCUT2D eigenvalue weighted by Gasteiger charge is 2.43. The van der Waals surface area contributed by atoms with Gasteiger partial charge in [-0.15, -0.1) is 0 Å². The molecule has 2 aromatic carbocycles. The van der Waals surface area contributed by atoms with Crippen LogP contribution in [0.15, 0.2) is 54.6 Å². The molecule has 150 valence electrons. The first-order valence-corrected chi connectivity index (χ1v) is 9.83. The average molecular weight is 383 g/mol. The number of nitrogens with zero attached hydrogens (tertiary/aromatic N) is 1. The Labute approximate surface area is 166 Å². The maximum Gasteiger partial charge on any atom is 0.411 e.